The summed E-state index contributed by atoms with van der Waals surface area (Å²) < 4.78 is 9.16. The second-order valence-electron chi connectivity index (χ2n) is 4.46. The van der Waals surface area contributed by atoms with Gasteiger partial charge < -0.3 is 15.4 Å². The number of amides is 1. The fraction of sp³-hybridized carbons (Fsp3) is 0.727. The molecule has 1 aromatic rings. The number of piperidine rings is 1. The number of methoxy groups -OCH3 is 1. The van der Waals surface area contributed by atoms with Crippen molar-refractivity contribution < 1.29 is 9.53 Å². The van der Waals surface area contributed by atoms with Crippen LogP contribution in [0.4, 0.5) is 0 Å². The number of rotatable bonds is 3. The van der Waals surface area contributed by atoms with Crippen LogP contribution in [0, 0.1) is 6.92 Å². The Labute approximate surface area is 110 Å². The van der Waals surface area contributed by atoms with Gasteiger partial charge in [0.15, 0.2) is 0 Å². The summed E-state index contributed by atoms with van der Waals surface area (Å²) in [4.78, 5) is 14.9. The molecule has 1 aliphatic rings. The molecule has 2 unspecified atom stereocenters. The number of aromatic nitrogens is 2. The number of ether oxygens (including phenoxy) is 1. The minimum absolute atomic E-state index is 0.00694. The van der Waals surface area contributed by atoms with Crippen LogP contribution in [0.25, 0.3) is 0 Å². The van der Waals surface area contributed by atoms with Crippen LogP contribution in [-0.4, -0.2) is 52.7 Å². The second kappa shape index (κ2) is 5.73. The Balaban J connectivity index is 2.13. The van der Waals surface area contributed by atoms with Gasteiger partial charge in [-0.3, -0.25) is 4.79 Å². The Bertz CT molecular complexity index is 423. The van der Waals surface area contributed by atoms with Gasteiger partial charge in [-0.15, -0.1) is 5.10 Å². The van der Waals surface area contributed by atoms with E-state index in [9.17, 15) is 4.79 Å². The van der Waals surface area contributed by atoms with Crippen molar-refractivity contribution >= 4 is 17.4 Å². The van der Waals surface area contributed by atoms with Crippen LogP contribution in [0.2, 0.25) is 0 Å². The summed E-state index contributed by atoms with van der Waals surface area (Å²) in [5.41, 5.74) is 6.45. The van der Waals surface area contributed by atoms with Crippen molar-refractivity contribution in [2.75, 3.05) is 20.2 Å². The largest absolute Gasteiger partial charge is 0.381 e. The summed E-state index contributed by atoms with van der Waals surface area (Å²) in [6.07, 6.45) is 1.84. The van der Waals surface area contributed by atoms with Crippen LogP contribution in [0.5, 0.6) is 0 Å². The molecule has 6 nitrogen and oxygen atoms in total. The SMILES string of the molecule is COC1CCN(C(=O)c2snnc2C)C(CN)C1. The fourth-order valence-corrected chi connectivity index (χ4v) is 2.89. The van der Waals surface area contributed by atoms with Gasteiger partial charge in [-0.05, 0) is 31.3 Å². The van der Waals surface area contributed by atoms with E-state index in [1.165, 1.54) is 0 Å². The smallest absolute Gasteiger partial charge is 0.267 e. The lowest BCUT2D eigenvalue weighted by molar-refractivity contribution is 0.0141. The topological polar surface area (TPSA) is 81.3 Å². The first kappa shape index (κ1) is 13.4. The minimum atomic E-state index is -0.00694. The third-order valence-corrected chi connectivity index (χ3v) is 4.20. The van der Waals surface area contributed by atoms with Gasteiger partial charge in [0, 0.05) is 26.2 Å². The maximum absolute atomic E-state index is 12.4. The van der Waals surface area contributed by atoms with Gasteiger partial charge in [-0.1, -0.05) is 4.49 Å². The van der Waals surface area contributed by atoms with Crippen molar-refractivity contribution in [2.45, 2.75) is 31.9 Å². The van der Waals surface area contributed by atoms with Crippen LogP contribution in [0.3, 0.4) is 0 Å². The molecule has 0 aliphatic carbocycles. The molecule has 100 valence electrons. The molecule has 1 amide bonds. The highest BCUT2D eigenvalue weighted by Crippen LogP contribution is 2.23. The highest BCUT2D eigenvalue weighted by molar-refractivity contribution is 7.07. The first-order valence-electron chi connectivity index (χ1n) is 6.00. The molecule has 2 atom stereocenters. The second-order valence-corrected chi connectivity index (χ2v) is 5.21. The zero-order valence-corrected chi connectivity index (χ0v) is 11.4. The lowest BCUT2D eigenvalue weighted by Gasteiger charge is -2.38. The van der Waals surface area contributed by atoms with E-state index in [-0.39, 0.29) is 18.1 Å². The lowest BCUT2D eigenvalue weighted by Crippen LogP contribution is -2.51. The number of carbonyl (C=O) groups is 1. The van der Waals surface area contributed by atoms with Gasteiger partial charge in [0.25, 0.3) is 5.91 Å². The number of hydrogen-bond donors (Lipinski definition) is 1. The molecule has 0 bridgehead atoms. The highest BCUT2D eigenvalue weighted by Gasteiger charge is 2.32. The van der Waals surface area contributed by atoms with Crippen LogP contribution in [0.15, 0.2) is 0 Å². The summed E-state index contributed by atoms with van der Waals surface area (Å²) in [7, 11) is 1.70. The highest BCUT2D eigenvalue weighted by atomic mass is 32.1. The van der Waals surface area contributed by atoms with Gasteiger partial charge in [0.1, 0.15) is 4.88 Å². The molecule has 0 saturated carbocycles. The molecule has 1 aromatic heterocycles. The third-order valence-electron chi connectivity index (χ3n) is 3.38. The van der Waals surface area contributed by atoms with E-state index in [2.05, 4.69) is 9.59 Å². The number of aryl methyl sites for hydroxylation is 1. The van der Waals surface area contributed by atoms with Crippen molar-refractivity contribution in [1.82, 2.24) is 14.5 Å². The Kier molecular flexibility index (Phi) is 4.26. The Morgan fingerprint density at radius 2 is 2.44 bits per heavy atom. The van der Waals surface area contributed by atoms with Crippen LogP contribution >= 0.6 is 11.5 Å². The normalized spacial score (nSPS) is 24.3. The van der Waals surface area contributed by atoms with Crippen LogP contribution in [0.1, 0.15) is 28.2 Å². The lowest BCUT2D eigenvalue weighted by atomic mass is 9.99. The van der Waals surface area contributed by atoms with E-state index in [0.29, 0.717) is 23.7 Å². The quantitative estimate of drug-likeness (QED) is 0.861. The van der Waals surface area contributed by atoms with Gasteiger partial charge >= 0.3 is 0 Å². The summed E-state index contributed by atoms with van der Waals surface area (Å²) in [5.74, 6) is -0.00694. The van der Waals surface area contributed by atoms with E-state index in [1.54, 1.807) is 14.0 Å². The third kappa shape index (κ3) is 2.52. The monoisotopic (exact) mass is 270 g/mol. The summed E-state index contributed by atoms with van der Waals surface area (Å²) >= 11 is 1.15. The Morgan fingerprint density at radius 1 is 1.67 bits per heavy atom. The molecule has 18 heavy (non-hydrogen) atoms. The zero-order chi connectivity index (χ0) is 13.1. The molecular weight excluding hydrogens is 252 g/mol. The van der Waals surface area contributed by atoms with E-state index in [4.69, 9.17) is 10.5 Å². The first-order valence-corrected chi connectivity index (χ1v) is 6.77. The molecule has 2 N–H and O–H groups in total. The fourth-order valence-electron chi connectivity index (χ4n) is 2.28. The van der Waals surface area contributed by atoms with Crippen molar-refractivity contribution in [3.8, 4) is 0 Å². The summed E-state index contributed by atoms with van der Waals surface area (Å²) in [5, 5.41) is 3.88. The molecule has 1 fully saturated rings. The predicted molar refractivity (Wildman–Crippen MR) is 68.6 cm³/mol. The van der Waals surface area contributed by atoms with Crippen molar-refractivity contribution in [2.24, 2.45) is 5.73 Å². The molecular formula is C11H18N4O2S. The molecule has 1 saturated heterocycles. The number of nitrogens with two attached hydrogens (primary N) is 1. The molecule has 2 rings (SSSR count). The average molecular weight is 270 g/mol. The average Bonchev–Trinajstić information content (AvgIpc) is 2.83. The maximum atomic E-state index is 12.4. The molecule has 2 heterocycles. The number of hydrogen-bond acceptors (Lipinski definition) is 6. The summed E-state index contributed by atoms with van der Waals surface area (Å²) in [6, 6.07) is 0.0395. The van der Waals surface area contributed by atoms with Crippen molar-refractivity contribution in [3.05, 3.63) is 10.6 Å². The predicted octanol–water partition coefficient (Wildman–Crippen LogP) is 0.425. The van der Waals surface area contributed by atoms with E-state index >= 15 is 0 Å². The first-order chi connectivity index (χ1) is 8.67. The van der Waals surface area contributed by atoms with Gasteiger partial charge in [0.2, 0.25) is 0 Å². The van der Waals surface area contributed by atoms with Gasteiger partial charge in [-0.2, -0.15) is 0 Å². The number of nitrogens with zero attached hydrogens (tertiary/aromatic N) is 3. The van der Waals surface area contributed by atoms with E-state index in [0.717, 1.165) is 24.4 Å². The van der Waals surface area contributed by atoms with Gasteiger partial charge in [0.05, 0.1) is 11.8 Å². The van der Waals surface area contributed by atoms with Crippen LogP contribution < -0.4 is 5.73 Å². The maximum Gasteiger partial charge on any atom is 0.267 e. The molecule has 1 aliphatic heterocycles. The zero-order valence-electron chi connectivity index (χ0n) is 10.6. The van der Waals surface area contributed by atoms with Crippen molar-refractivity contribution in [1.29, 1.82) is 0 Å². The summed E-state index contributed by atoms with van der Waals surface area (Å²) in [6.45, 7) is 2.93. The molecule has 0 spiro atoms. The standard InChI is InChI=1S/C11H18N4O2S/c1-7-10(18-14-13-7)11(16)15-4-3-9(17-2)5-8(15)6-12/h8-9H,3-6,12H2,1-2H3. The number of carbonyl (C=O) groups excluding carboxylic acids is 1. The van der Waals surface area contributed by atoms with E-state index < -0.39 is 0 Å². The Hall–Kier alpha value is -1.05. The minimum Gasteiger partial charge on any atom is -0.381 e. The molecule has 7 heteroatoms. The Morgan fingerprint density at radius 3 is 3.00 bits per heavy atom. The van der Waals surface area contributed by atoms with E-state index in [1.807, 2.05) is 4.90 Å². The number of likely N-dealkylation sites (tertiary alicyclic amines) is 1. The van der Waals surface area contributed by atoms with Crippen molar-refractivity contribution in [3.63, 3.8) is 0 Å². The molecule has 0 aromatic carbocycles. The molecule has 0 radical (unpaired) electrons. The van der Waals surface area contributed by atoms with Crippen LogP contribution in [-0.2, 0) is 4.74 Å². The van der Waals surface area contributed by atoms with Gasteiger partial charge in [-0.25, -0.2) is 0 Å².